The lowest BCUT2D eigenvalue weighted by molar-refractivity contribution is 0.438. The highest BCUT2D eigenvalue weighted by atomic mass is 32.1. The van der Waals surface area contributed by atoms with Gasteiger partial charge in [0, 0.05) is 60.7 Å². The first-order valence-electron chi connectivity index (χ1n) is 14.5. The fourth-order valence-electron chi connectivity index (χ4n) is 6.62. The van der Waals surface area contributed by atoms with Crippen LogP contribution in [0.5, 0.6) is 0 Å². The zero-order valence-corrected chi connectivity index (χ0v) is 24.3. The van der Waals surface area contributed by atoms with Crippen LogP contribution < -0.4 is 0 Å². The summed E-state index contributed by atoms with van der Waals surface area (Å²) in [5.74, 6) is 1.61. The van der Waals surface area contributed by atoms with Crippen molar-refractivity contribution in [3.05, 3.63) is 133 Å². The minimum absolute atomic E-state index is 0.722. The van der Waals surface area contributed by atoms with Crippen LogP contribution >= 0.6 is 11.3 Å². The molecule has 0 amide bonds. The predicted octanol–water partition coefficient (Wildman–Crippen LogP) is 9.69. The molecule has 0 aliphatic carbocycles. The van der Waals surface area contributed by atoms with Gasteiger partial charge in [-0.25, -0.2) is 9.97 Å². The molecule has 0 atom stereocenters. The second kappa shape index (κ2) is 9.38. The third kappa shape index (κ3) is 3.68. The van der Waals surface area contributed by atoms with Crippen molar-refractivity contribution in [2.24, 2.45) is 0 Å². The van der Waals surface area contributed by atoms with Gasteiger partial charge in [0.2, 0.25) is 0 Å². The van der Waals surface area contributed by atoms with Crippen molar-refractivity contribution in [2.45, 2.75) is 6.54 Å². The quantitative estimate of drug-likeness (QED) is 0.212. The summed E-state index contributed by atoms with van der Waals surface area (Å²) in [6, 6.07) is 40.6. The largest absolute Gasteiger partial charge is 0.375 e. The highest BCUT2D eigenvalue weighted by Gasteiger charge is 2.27. The smallest absolute Gasteiger partial charge is 0.162 e. The highest BCUT2D eigenvalue weighted by molar-refractivity contribution is 7.27. The standard InChI is InChI=1S/C38H26N4S/c1-41-21-20-28-31(23-41)42(33-22-30(24-12-4-2-5-13-24)39-38(40-33)25-14-6-3-7-15-25)36-34(28)26-16-8-9-17-27(26)37-35(36)29-18-10-11-19-32(29)43-37/h2-22H,23H2,1H3. The van der Waals surface area contributed by atoms with E-state index in [1.165, 1.54) is 53.1 Å². The summed E-state index contributed by atoms with van der Waals surface area (Å²) >= 11 is 1.88. The summed E-state index contributed by atoms with van der Waals surface area (Å²) in [6.45, 7) is 0.781. The monoisotopic (exact) mass is 570 g/mol. The Kier molecular flexibility index (Phi) is 5.31. The Morgan fingerprint density at radius 2 is 1.35 bits per heavy atom. The molecule has 43 heavy (non-hydrogen) atoms. The van der Waals surface area contributed by atoms with Gasteiger partial charge in [0.15, 0.2) is 5.82 Å². The van der Waals surface area contributed by atoms with Gasteiger partial charge in [0.1, 0.15) is 5.82 Å². The number of hydrogen-bond acceptors (Lipinski definition) is 4. The molecule has 5 aromatic carbocycles. The maximum absolute atomic E-state index is 5.32. The van der Waals surface area contributed by atoms with E-state index < -0.39 is 0 Å². The maximum Gasteiger partial charge on any atom is 0.162 e. The van der Waals surface area contributed by atoms with E-state index in [0.29, 0.717) is 0 Å². The van der Waals surface area contributed by atoms with Crippen LogP contribution in [0.2, 0.25) is 0 Å². The number of benzene rings is 5. The average molecular weight is 571 g/mol. The summed E-state index contributed by atoms with van der Waals surface area (Å²) < 4.78 is 5.05. The minimum atomic E-state index is 0.722. The normalized spacial score (nSPS) is 13.0. The van der Waals surface area contributed by atoms with Crippen molar-refractivity contribution in [3.63, 3.8) is 0 Å². The molecule has 0 radical (unpaired) electrons. The molecule has 1 aliphatic heterocycles. The maximum atomic E-state index is 5.32. The summed E-state index contributed by atoms with van der Waals surface area (Å²) in [5, 5.41) is 6.44. The molecule has 5 heteroatoms. The molecule has 9 rings (SSSR count). The van der Waals surface area contributed by atoms with Gasteiger partial charge in [0.05, 0.1) is 23.4 Å². The number of aromatic nitrogens is 3. The Labute approximate surface area is 252 Å². The van der Waals surface area contributed by atoms with Crippen LogP contribution in [0.3, 0.4) is 0 Å². The van der Waals surface area contributed by atoms with Gasteiger partial charge in [0.25, 0.3) is 0 Å². The van der Waals surface area contributed by atoms with E-state index in [1.807, 2.05) is 35.6 Å². The molecule has 0 saturated carbocycles. The first-order valence-corrected chi connectivity index (χ1v) is 15.3. The molecule has 4 heterocycles. The Balaban J connectivity index is 1.49. The topological polar surface area (TPSA) is 34.0 Å². The average Bonchev–Trinajstić information content (AvgIpc) is 3.61. The second-order valence-electron chi connectivity index (χ2n) is 11.2. The van der Waals surface area contributed by atoms with E-state index in [0.717, 1.165) is 35.0 Å². The fraction of sp³-hybridized carbons (Fsp3) is 0.0526. The predicted molar refractivity (Wildman–Crippen MR) is 181 cm³/mol. The number of fused-ring (bicyclic) bond motifs is 10. The SMILES string of the molecule is CN1C=Cc2c(n(-c3cc(-c4ccccc4)nc(-c4ccccc4)n3)c3c2c2ccccc2c2sc4ccccc4c23)C1. The Morgan fingerprint density at radius 3 is 2.14 bits per heavy atom. The number of hydrogen-bond donors (Lipinski definition) is 0. The summed E-state index contributed by atoms with van der Waals surface area (Å²) in [6.07, 6.45) is 4.48. The van der Waals surface area contributed by atoms with Crippen LogP contribution in [0.25, 0.3) is 76.4 Å². The lowest BCUT2D eigenvalue weighted by atomic mass is 9.98. The molecular formula is C38H26N4S. The number of thiophene rings is 1. The summed E-state index contributed by atoms with van der Waals surface area (Å²) in [5.41, 5.74) is 6.70. The van der Waals surface area contributed by atoms with Crippen molar-refractivity contribution in [2.75, 3.05) is 7.05 Å². The first kappa shape index (κ1) is 24.3. The zero-order valence-electron chi connectivity index (χ0n) is 23.5. The van der Waals surface area contributed by atoms with E-state index in [-0.39, 0.29) is 0 Å². The Hall–Kier alpha value is -5.26. The second-order valence-corrected chi connectivity index (χ2v) is 12.2. The van der Waals surface area contributed by atoms with E-state index >= 15 is 0 Å². The summed E-state index contributed by atoms with van der Waals surface area (Å²) in [4.78, 5) is 12.7. The molecule has 1 aliphatic rings. The fourth-order valence-corrected chi connectivity index (χ4v) is 7.86. The molecule has 0 unspecified atom stereocenters. The Bertz CT molecular complexity index is 2330. The van der Waals surface area contributed by atoms with Crippen molar-refractivity contribution in [1.82, 2.24) is 19.4 Å². The Morgan fingerprint density at radius 1 is 0.674 bits per heavy atom. The molecule has 4 nitrogen and oxygen atoms in total. The lowest BCUT2D eigenvalue weighted by Crippen LogP contribution is -2.17. The van der Waals surface area contributed by atoms with E-state index in [2.05, 4.69) is 120 Å². The van der Waals surface area contributed by atoms with E-state index in [4.69, 9.17) is 9.97 Å². The van der Waals surface area contributed by atoms with Crippen molar-refractivity contribution in [1.29, 1.82) is 0 Å². The van der Waals surface area contributed by atoms with Crippen LogP contribution in [0.15, 0.2) is 121 Å². The molecule has 0 spiro atoms. The van der Waals surface area contributed by atoms with Gasteiger partial charge in [-0.05, 0) is 23.7 Å². The van der Waals surface area contributed by atoms with Gasteiger partial charge >= 0.3 is 0 Å². The van der Waals surface area contributed by atoms with Crippen LogP contribution in [0.1, 0.15) is 11.3 Å². The molecular weight excluding hydrogens is 545 g/mol. The zero-order chi connectivity index (χ0) is 28.5. The third-order valence-electron chi connectivity index (χ3n) is 8.52. The molecule has 204 valence electrons. The summed E-state index contributed by atoms with van der Waals surface area (Å²) in [7, 11) is 2.14. The highest BCUT2D eigenvalue weighted by Crippen LogP contribution is 2.48. The molecule has 0 N–H and O–H groups in total. The molecule has 3 aromatic heterocycles. The molecule has 0 saturated heterocycles. The van der Waals surface area contributed by atoms with E-state index in [1.54, 1.807) is 0 Å². The van der Waals surface area contributed by atoms with Crippen molar-refractivity contribution < 1.29 is 0 Å². The van der Waals surface area contributed by atoms with Gasteiger partial charge in [-0.2, -0.15) is 0 Å². The van der Waals surface area contributed by atoms with Crippen molar-refractivity contribution in [3.8, 4) is 28.5 Å². The van der Waals surface area contributed by atoms with Gasteiger partial charge in [-0.3, -0.25) is 4.57 Å². The van der Waals surface area contributed by atoms with Crippen molar-refractivity contribution >= 4 is 59.3 Å². The van der Waals surface area contributed by atoms with E-state index in [9.17, 15) is 0 Å². The number of rotatable bonds is 3. The molecule has 0 fully saturated rings. The molecule has 8 aromatic rings. The van der Waals surface area contributed by atoms with Gasteiger partial charge < -0.3 is 4.90 Å². The van der Waals surface area contributed by atoms with Crippen LogP contribution in [-0.4, -0.2) is 26.5 Å². The van der Waals surface area contributed by atoms with Gasteiger partial charge in [-0.15, -0.1) is 11.3 Å². The lowest BCUT2D eigenvalue weighted by Gasteiger charge is -2.21. The molecule has 0 bridgehead atoms. The third-order valence-corrected chi connectivity index (χ3v) is 9.73. The number of nitrogens with zero attached hydrogens (tertiary/aromatic N) is 4. The van der Waals surface area contributed by atoms with Crippen LogP contribution in [-0.2, 0) is 6.54 Å². The van der Waals surface area contributed by atoms with Gasteiger partial charge in [-0.1, -0.05) is 103 Å². The minimum Gasteiger partial charge on any atom is -0.375 e. The van der Waals surface area contributed by atoms with Crippen LogP contribution in [0.4, 0.5) is 0 Å². The van der Waals surface area contributed by atoms with Crippen LogP contribution in [0, 0.1) is 0 Å². The first-order chi connectivity index (χ1) is 21.2.